The maximum Gasteiger partial charge on any atom is 0.356 e. The van der Waals surface area contributed by atoms with Crippen molar-refractivity contribution in [3.05, 3.63) is 126 Å². The van der Waals surface area contributed by atoms with Crippen LogP contribution < -0.4 is 0 Å². The van der Waals surface area contributed by atoms with Crippen LogP contribution in [0.25, 0.3) is 0 Å². The summed E-state index contributed by atoms with van der Waals surface area (Å²) in [5, 5.41) is 4.23. The Morgan fingerprint density at radius 2 is 1.19 bits per heavy atom. The van der Waals surface area contributed by atoms with Crippen molar-refractivity contribution in [2.45, 2.75) is 31.5 Å². The van der Waals surface area contributed by atoms with Gasteiger partial charge in [-0.1, -0.05) is 54.6 Å². The summed E-state index contributed by atoms with van der Waals surface area (Å²) in [6.07, 6.45) is -3.59. The maximum absolute atomic E-state index is 13.3. The first-order valence-electron chi connectivity index (χ1n) is 13.6. The second-order valence-corrected chi connectivity index (χ2v) is 9.38. The van der Waals surface area contributed by atoms with Crippen LogP contribution >= 0.6 is 0 Å². The van der Waals surface area contributed by atoms with Gasteiger partial charge in [0, 0.05) is 6.20 Å². The van der Waals surface area contributed by atoms with Crippen LogP contribution in [0.3, 0.4) is 0 Å². The number of aromatic nitrogens is 2. The zero-order valence-corrected chi connectivity index (χ0v) is 23.1. The van der Waals surface area contributed by atoms with Crippen molar-refractivity contribution in [1.29, 1.82) is 0 Å². The predicted octanol–water partition coefficient (Wildman–Crippen LogP) is 4.27. The van der Waals surface area contributed by atoms with Crippen LogP contribution in [0.1, 0.15) is 54.7 Å². The summed E-state index contributed by atoms with van der Waals surface area (Å²) in [6.45, 7) is 1.40. The van der Waals surface area contributed by atoms with Gasteiger partial charge in [0.05, 0.1) is 23.3 Å². The number of nitrogens with zero attached hydrogens (tertiary/aromatic N) is 2. The molecule has 4 aromatic rings. The minimum Gasteiger partial charge on any atom is -0.461 e. The second kappa shape index (κ2) is 13.6. The number of carbonyl (C=O) groups is 4. The smallest absolute Gasteiger partial charge is 0.356 e. The van der Waals surface area contributed by atoms with E-state index < -0.39 is 48.4 Å². The van der Waals surface area contributed by atoms with E-state index in [9.17, 15) is 19.2 Å². The predicted molar refractivity (Wildman–Crippen MR) is 150 cm³/mol. The van der Waals surface area contributed by atoms with Gasteiger partial charge in [0.25, 0.3) is 0 Å². The standard InChI is InChI=1S/C32H28N2O9/c1-2-39-32(38)24-18-19-33-34(24)28-27(43-31(37)23-16-10-5-11-17-23)26(42-30(36)22-14-8-4-9-15-22)25(41-28)20-40-29(35)21-12-6-3-7-13-21/h3-19,25-28H,2,20H2,1H3/t25-,26-,27+,28+/m1/s1. The molecule has 1 aliphatic heterocycles. The van der Waals surface area contributed by atoms with E-state index in [4.69, 9.17) is 23.7 Å². The third-order valence-corrected chi connectivity index (χ3v) is 6.57. The molecule has 0 saturated carbocycles. The number of hydrogen-bond acceptors (Lipinski definition) is 10. The van der Waals surface area contributed by atoms with Crippen LogP contribution in [-0.2, 0) is 23.7 Å². The van der Waals surface area contributed by atoms with E-state index in [-0.39, 0.29) is 30.0 Å². The average Bonchev–Trinajstić information content (AvgIpc) is 3.66. The van der Waals surface area contributed by atoms with Gasteiger partial charge in [-0.05, 0) is 49.4 Å². The van der Waals surface area contributed by atoms with Crippen molar-refractivity contribution in [2.75, 3.05) is 13.2 Å². The third kappa shape index (κ3) is 6.79. The SMILES string of the molecule is CCOC(=O)c1ccnn1[C@H]1O[C@H](COC(=O)c2ccccc2)[C@@H](OC(=O)c2ccccc2)[C@@H]1OC(=O)c1ccccc1. The molecule has 1 aliphatic rings. The summed E-state index contributed by atoms with van der Waals surface area (Å²) in [6, 6.07) is 26.2. The molecule has 0 aliphatic carbocycles. The highest BCUT2D eigenvalue weighted by molar-refractivity contribution is 5.91. The number of carbonyl (C=O) groups excluding carboxylic acids is 4. The van der Waals surface area contributed by atoms with E-state index in [0.29, 0.717) is 5.56 Å². The Morgan fingerprint density at radius 3 is 1.72 bits per heavy atom. The molecule has 1 saturated heterocycles. The normalized spacial score (nSPS) is 19.3. The number of benzene rings is 3. The largest absolute Gasteiger partial charge is 0.461 e. The van der Waals surface area contributed by atoms with Crippen molar-refractivity contribution >= 4 is 23.9 Å². The van der Waals surface area contributed by atoms with Crippen LogP contribution in [0.2, 0.25) is 0 Å². The minimum atomic E-state index is -1.31. The van der Waals surface area contributed by atoms with Crippen LogP contribution in [0.15, 0.2) is 103 Å². The Hall–Kier alpha value is -5.29. The van der Waals surface area contributed by atoms with E-state index >= 15 is 0 Å². The highest BCUT2D eigenvalue weighted by Gasteiger charge is 2.52. The lowest BCUT2D eigenvalue weighted by Crippen LogP contribution is -2.41. The van der Waals surface area contributed by atoms with E-state index in [1.807, 2.05) is 0 Å². The summed E-state index contributed by atoms with van der Waals surface area (Å²) in [5.41, 5.74) is 0.797. The highest BCUT2D eigenvalue weighted by atomic mass is 16.7. The monoisotopic (exact) mass is 584 g/mol. The zero-order chi connectivity index (χ0) is 30.2. The van der Waals surface area contributed by atoms with E-state index in [0.717, 1.165) is 0 Å². The lowest BCUT2D eigenvalue weighted by molar-refractivity contribution is -0.0682. The summed E-state index contributed by atoms with van der Waals surface area (Å²) in [7, 11) is 0. The number of ether oxygens (including phenoxy) is 5. The number of hydrogen-bond donors (Lipinski definition) is 0. The first-order chi connectivity index (χ1) is 21.0. The van der Waals surface area contributed by atoms with Crippen LogP contribution in [0.5, 0.6) is 0 Å². The lowest BCUT2D eigenvalue weighted by Gasteiger charge is -2.25. The molecule has 11 heteroatoms. The van der Waals surface area contributed by atoms with Crippen molar-refractivity contribution in [2.24, 2.45) is 0 Å². The number of esters is 4. The molecular formula is C32H28N2O9. The summed E-state index contributed by atoms with van der Waals surface area (Å²) < 4.78 is 29.9. The Bertz CT molecular complexity index is 1560. The topological polar surface area (TPSA) is 132 Å². The van der Waals surface area contributed by atoms with Gasteiger partial charge in [0.15, 0.2) is 18.4 Å². The van der Waals surface area contributed by atoms with Gasteiger partial charge >= 0.3 is 23.9 Å². The molecule has 11 nitrogen and oxygen atoms in total. The van der Waals surface area contributed by atoms with Gasteiger partial charge in [-0.3, -0.25) is 0 Å². The molecule has 0 unspecified atom stereocenters. The van der Waals surface area contributed by atoms with Crippen molar-refractivity contribution < 1.29 is 42.9 Å². The number of rotatable bonds is 10. The third-order valence-electron chi connectivity index (χ3n) is 6.57. The molecule has 3 aromatic carbocycles. The van der Waals surface area contributed by atoms with E-state index in [1.54, 1.807) is 97.9 Å². The quantitative estimate of drug-likeness (QED) is 0.197. The first kappa shape index (κ1) is 29.2. The van der Waals surface area contributed by atoms with E-state index in [2.05, 4.69) is 5.10 Å². The summed E-state index contributed by atoms with van der Waals surface area (Å²) in [5.74, 6) is -2.77. The Labute approximate surface area is 246 Å². The maximum atomic E-state index is 13.3. The summed E-state index contributed by atoms with van der Waals surface area (Å²) in [4.78, 5) is 52.0. The molecule has 43 heavy (non-hydrogen) atoms. The first-order valence-corrected chi connectivity index (χ1v) is 13.6. The van der Waals surface area contributed by atoms with Crippen LogP contribution in [-0.4, -0.2) is 65.2 Å². The van der Waals surface area contributed by atoms with Gasteiger partial charge in [-0.15, -0.1) is 0 Å². The fourth-order valence-electron chi connectivity index (χ4n) is 4.54. The molecule has 220 valence electrons. The van der Waals surface area contributed by atoms with E-state index in [1.165, 1.54) is 16.9 Å². The molecule has 0 radical (unpaired) electrons. The molecule has 0 spiro atoms. The van der Waals surface area contributed by atoms with Crippen LogP contribution in [0, 0.1) is 0 Å². The average molecular weight is 585 g/mol. The molecular weight excluding hydrogens is 556 g/mol. The Kier molecular flexibility index (Phi) is 9.23. The summed E-state index contributed by atoms with van der Waals surface area (Å²) >= 11 is 0. The highest BCUT2D eigenvalue weighted by Crippen LogP contribution is 2.36. The molecule has 2 heterocycles. The van der Waals surface area contributed by atoms with Crippen LogP contribution in [0.4, 0.5) is 0 Å². The van der Waals surface area contributed by atoms with Gasteiger partial charge < -0.3 is 23.7 Å². The fraction of sp³-hybridized carbons (Fsp3) is 0.219. The Morgan fingerprint density at radius 1 is 0.674 bits per heavy atom. The van der Waals surface area contributed by atoms with Crippen molar-refractivity contribution in [3.63, 3.8) is 0 Å². The van der Waals surface area contributed by atoms with Gasteiger partial charge in [0.1, 0.15) is 18.4 Å². The molecule has 1 aromatic heterocycles. The van der Waals surface area contributed by atoms with Gasteiger partial charge in [-0.25, -0.2) is 23.9 Å². The van der Waals surface area contributed by atoms with Gasteiger partial charge in [-0.2, -0.15) is 5.10 Å². The zero-order valence-electron chi connectivity index (χ0n) is 23.1. The Balaban J connectivity index is 1.50. The lowest BCUT2D eigenvalue weighted by atomic mass is 10.1. The molecule has 0 N–H and O–H groups in total. The molecule has 0 bridgehead atoms. The molecule has 1 fully saturated rings. The van der Waals surface area contributed by atoms with Crippen molar-refractivity contribution in [3.8, 4) is 0 Å². The van der Waals surface area contributed by atoms with Gasteiger partial charge in [0.2, 0.25) is 0 Å². The minimum absolute atomic E-state index is 0.0164. The van der Waals surface area contributed by atoms with Crippen molar-refractivity contribution in [1.82, 2.24) is 9.78 Å². The molecule has 0 amide bonds. The molecule has 4 atom stereocenters. The fourth-order valence-corrected chi connectivity index (χ4v) is 4.54. The molecule has 5 rings (SSSR count). The second-order valence-electron chi connectivity index (χ2n) is 9.38.